The van der Waals surface area contributed by atoms with Crippen molar-refractivity contribution in [3.63, 3.8) is 0 Å². The number of halogens is 2. The minimum atomic E-state index is -0.398. The highest BCUT2D eigenvalue weighted by atomic mass is 32.2. The molecule has 2 N–H and O–H groups in total. The van der Waals surface area contributed by atoms with Crippen molar-refractivity contribution in [3.8, 4) is 0 Å². The first-order chi connectivity index (χ1) is 8.16. The molecule has 1 nitrogen and oxygen atoms in total. The fourth-order valence-electron chi connectivity index (χ4n) is 2.19. The van der Waals surface area contributed by atoms with Gasteiger partial charge in [-0.2, -0.15) is 11.8 Å². The predicted octanol–water partition coefficient (Wildman–Crippen LogP) is 3.12. The Kier molecular flexibility index (Phi) is 4.40. The Morgan fingerprint density at radius 3 is 2.88 bits per heavy atom. The highest BCUT2D eigenvalue weighted by Crippen LogP contribution is 2.28. The van der Waals surface area contributed by atoms with Gasteiger partial charge >= 0.3 is 0 Å². The average molecular weight is 257 g/mol. The van der Waals surface area contributed by atoms with E-state index in [0.29, 0.717) is 17.2 Å². The second-order valence-corrected chi connectivity index (χ2v) is 5.86. The Hall–Kier alpha value is -0.610. The molecule has 0 bridgehead atoms. The Bertz CT molecular complexity index is 378. The lowest BCUT2D eigenvalue weighted by molar-refractivity contribution is 0.534. The summed E-state index contributed by atoms with van der Waals surface area (Å²) in [7, 11) is 0. The lowest BCUT2D eigenvalue weighted by Crippen LogP contribution is -2.36. The van der Waals surface area contributed by atoms with E-state index in [4.69, 9.17) is 5.73 Å². The van der Waals surface area contributed by atoms with Crippen molar-refractivity contribution in [2.45, 2.75) is 37.0 Å². The summed E-state index contributed by atoms with van der Waals surface area (Å²) in [6.07, 6.45) is 3.93. The van der Waals surface area contributed by atoms with Crippen LogP contribution >= 0.6 is 11.8 Å². The Balaban J connectivity index is 2.01. The lowest BCUT2D eigenvalue weighted by Gasteiger charge is -2.27. The first-order valence-corrected chi connectivity index (χ1v) is 7.03. The smallest absolute Gasteiger partial charge is 0.126 e. The maximum atomic E-state index is 13.5. The van der Waals surface area contributed by atoms with Gasteiger partial charge in [-0.05, 0) is 48.8 Å². The molecule has 2 rings (SSSR count). The fourth-order valence-corrected chi connectivity index (χ4v) is 3.54. The second-order valence-electron chi connectivity index (χ2n) is 4.51. The zero-order chi connectivity index (χ0) is 12.3. The molecule has 0 amide bonds. The van der Waals surface area contributed by atoms with Gasteiger partial charge in [-0.15, -0.1) is 0 Å². The molecule has 1 aliphatic heterocycles. The van der Waals surface area contributed by atoms with Crippen LogP contribution in [0.3, 0.4) is 0 Å². The largest absolute Gasteiger partial charge is 0.326 e. The van der Waals surface area contributed by atoms with Crippen molar-refractivity contribution < 1.29 is 8.78 Å². The maximum Gasteiger partial charge on any atom is 0.126 e. The molecule has 4 heteroatoms. The van der Waals surface area contributed by atoms with Crippen LogP contribution in [0.15, 0.2) is 18.2 Å². The molecule has 94 valence electrons. The van der Waals surface area contributed by atoms with Gasteiger partial charge in [0, 0.05) is 11.3 Å². The highest BCUT2D eigenvalue weighted by Gasteiger charge is 2.22. The standard InChI is InChI=1S/C13H17F2NS/c14-10-4-5-11(15)9(7-10)8-12(16)13-3-1-2-6-17-13/h4-5,7,12-13H,1-3,6,8,16H2. The molecule has 17 heavy (non-hydrogen) atoms. The third kappa shape index (κ3) is 3.42. The van der Waals surface area contributed by atoms with Gasteiger partial charge in [0.15, 0.2) is 0 Å². The number of thioether (sulfide) groups is 1. The molecule has 2 atom stereocenters. The monoisotopic (exact) mass is 257 g/mol. The average Bonchev–Trinajstić information content (AvgIpc) is 2.35. The zero-order valence-corrected chi connectivity index (χ0v) is 10.5. The quantitative estimate of drug-likeness (QED) is 0.900. The van der Waals surface area contributed by atoms with E-state index in [2.05, 4.69) is 0 Å². The van der Waals surface area contributed by atoms with E-state index in [1.165, 1.54) is 25.0 Å². The summed E-state index contributed by atoms with van der Waals surface area (Å²) < 4.78 is 26.5. The van der Waals surface area contributed by atoms with Crippen LogP contribution < -0.4 is 5.73 Å². The zero-order valence-electron chi connectivity index (χ0n) is 9.66. The lowest BCUT2D eigenvalue weighted by atomic mass is 10.00. The van der Waals surface area contributed by atoms with Gasteiger partial charge in [-0.25, -0.2) is 8.78 Å². The van der Waals surface area contributed by atoms with Crippen LogP contribution in [0.1, 0.15) is 24.8 Å². The van der Waals surface area contributed by atoms with Gasteiger partial charge in [-0.3, -0.25) is 0 Å². The van der Waals surface area contributed by atoms with E-state index in [1.807, 2.05) is 11.8 Å². The van der Waals surface area contributed by atoms with Crippen LogP contribution in [0.2, 0.25) is 0 Å². The molecule has 1 saturated heterocycles. The summed E-state index contributed by atoms with van der Waals surface area (Å²) in [4.78, 5) is 0. The molecular weight excluding hydrogens is 240 g/mol. The van der Waals surface area contributed by atoms with E-state index >= 15 is 0 Å². The summed E-state index contributed by atoms with van der Waals surface area (Å²) in [6.45, 7) is 0. The highest BCUT2D eigenvalue weighted by molar-refractivity contribution is 8.00. The molecule has 0 radical (unpaired) electrons. The topological polar surface area (TPSA) is 26.0 Å². The van der Waals surface area contributed by atoms with Crippen LogP contribution in [0.25, 0.3) is 0 Å². The molecule has 1 aromatic rings. The number of benzene rings is 1. The molecule has 1 heterocycles. The molecule has 1 aromatic carbocycles. The third-order valence-corrected chi connectivity index (χ3v) is 4.69. The number of rotatable bonds is 3. The van der Waals surface area contributed by atoms with Gasteiger partial charge in [0.1, 0.15) is 11.6 Å². The number of hydrogen-bond donors (Lipinski definition) is 1. The Morgan fingerprint density at radius 1 is 1.35 bits per heavy atom. The van der Waals surface area contributed by atoms with Crippen molar-refractivity contribution in [3.05, 3.63) is 35.4 Å². The summed E-state index contributed by atoms with van der Waals surface area (Å²) in [5.41, 5.74) is 6.48. The first-order valence-electron chi connectivity index (χ1n) is 5.98. The summed E-state index contributed by atoms with van der Waals surface area (Å²) in [6, 6.07) is 3.48. The van der Waals surface area contributed by atoms with Crippen molar-refractivity contribution in [2.75, 3.05) is 5.75 Å². The van der Waals surface area contributed by atoms with E-state index in [9.17, 15) is 8.78 Å². The van der Waals surface area contributed by atoms with Crippen LogP contribution in [-0.2, 0) is 6.42 Å². The van der Waals surface area contributed by atoms with Gasteiger partial charge < -0.3 is 5.73 Å². The normalized spacial score (nSPS) is 22.4. The van der Waals surface area contributed by atoms with Gasteiger partial charge in [0.25, 0.3) is 0 Å². The third-order valence-electron chi connectivity index (χ3n) is 3.16. The van der Waals surface area contributed by atoms with Crippen LogP contribution in [-0.4, -0.2) is 17.0 Å². The van der Waals surface area contributed by atoms with Crippen LogP contribution in [0.5, 0.6) is 0 Å². The van der Waals surface area contributed by atoms with Gasteiger partial charge in [0.2, 0.25) is 0 Å². The number of hydrogen-bond acceptors (Lipinski definition) is 2. The van der Waals surface area contributed by atoms with Gasteiger partial charge in [0.05, 0.1) is 0 Å². The number of nitrogens with two attached hydrogens (primary N) is 1. The van der Waals surface area contributed by atoms with E-state index in [-0.39, 0.29) is 11.9 Å². The maximum absolute atomic E-state index is 13.5. The van der Waals surface area contributed by atoms with Crippen LogP contribution in [0.4, 0.5) is 8.78 Å². The Labute approximate surface area is 105 Å². The van der Waals surface area contributed by atoms with Crippen molar-refractivity contribution in [2.24, 2.45) is 5.73 Å². The molecule has 0 aromatic heterocycles. The molecule has 1 aliphatic rings. The van der Waals surface area contributed by atoms with E-state index in [1.54, 1.807) is 0 Å². The molecule has 0 spiro atoms. The minimum Gasteiger partial charge on any atom is -0.326 e. The fraction of sp³-hybridized carbons (Fsp3) is 0.538. The summed E-state index contributed by atoms with van der Waals surface area (Å²) in [5.74, 6) is 0.372. The predicted molar refractivity (Wildman–Crippen MR) is 68.1 cm³/mol. The summed E-state index contributed by atoms with van der Waals surface area (Å²) in [5, 5.41) is 0.381. The molecule has 0 saturated carbocycles. The minimum absolute atomic E-state index is 0.0865. The van der Waals surface area contributed by atoms with Gasteiger partial charge in [-0.1, -0.05) is 6.42 Å². The van der Waals surface area contributed by atoms with Crippen LogP contribution in [0, 0.1) is 11.6 Å². The van der Waals surface area contributed by atoms with E-state index < -0.39 is 5.82 Å². The second kappa shape index (κ2) is 5.83. The molecule has 1 fully saturated rings. The Morgan fingerprint density at radius 2 is 2.18 bits per heavy atom. The first kappa shape index (κ1) is 12.8. The SMILES string of the molecule is NC(Cc1cc(F)ccc1F)C1CCCCS1. The van der Waals surface area contributed by atoms with Crippen molar-refractivity contribution >= 4 is 11.8 Å². The van der Waals surface area contributed by atoms with Crippen molar-refractivity contribution in [1.82, 2.24) is 0 Å². The molecule has 0 aliphatic carbocycles. The molecule has 2 unspecified atom stereocenters. The summed E-state index contributed by atoms with van der Waals surface area (Å²) >= 11 is 1.86. The van der Waals surface area contributed by atoms with E-state index in [0.717, 1.165) is 18.2 Å². The molecular formula is C13H17F2NS. The van der Waals surface area contributed by atoms with Crippen molar-refractivity contribution in [1.29, 1.82) is 0 Å².